The second-order valence-corrected chi connectivity index (χ2v) is 6.26. The Morgan fingerprint density at radius 1 is 1.28 bits per heavy atom. The van der Waals surface area contributed by atoms with E-state index in [4.69, 9.17) is 10.2 Å². The molecule has 3 rings (SSSR count). The molecule has 132 valence electrons. The molecule has 1 fully saturated rings. The third-order valence-electron chi connectivity index (χ3n) is 4.55. The van der Waals surface area contributed by atoms with Crippen molar-refractivity contribution in [1.82, 2.24) is 9.88 Å². The van der Waals surface area contributed by atoms with Gasteiger partial charge in [-0.2, -0.15) is 0 Å². The van der Waals surface area contributed by atoms with Crippen LogP contribution in [0.3, 0.4) is 0 Å². The molecule has 0 atom stereocenters. The maximum absolute atomic E-state index is 13.0. The number of carbonyl (C=O) groups is 2. The monoisotopic (exact) mass is 345 g/mol. The van der Waals surface area contributed by atoms with E-state index in [2.05, 4.69) is 4.98 Å². The third-order valence-corrected chi connectivity index (χ3v) is 4.55. The lowest BCUT2D eigenvalue weighted by molar-refractivity contribution is -0.134. The van der Waals surface area contributed by atoms with E-state index in [0.717, 1.165) is 0 Å². The van der Waals surface area contributed by atoms with Crippen molar-refractivity contribution in [3.63, 3.8) is 0 Å². The van der Waals surface area contributed by atoms with E-state index in [1.807, 2.05) is 0 Å². The van der Waals surface area contributed by atoms with E-state index in [9.17, 15) is 14.0 Å². The summed E-state index contributed by atoms with van der Waals surface area (Å²) in [4.78, 5) is 29.8. The lowest BCUT2D eigenvalue weighted by Crippen LogP contribution is -2.42. The minimum absolute atomic E-state index is 0.0509. The summed E-state index contributed by atoms with van der Waals surface area (Å²) < 4.78 is 18.6. The van der Waals surface area contributed by atoms with Crippen molar-refractivity contribution in [2.24, 2.45) is 11.7 Å². The first-order chi connectivity index (χ1) is 11.9. The van der Waals surface area contributed by atoms with E-state index >= 15 is 0 Å². The van der Waals surface area contributed by atoms with Crippen LogP contribution < -0.4 is 5.73 Å². The third kappa shape index (κ3) is 3.87. The van der Waals surface area contributed by atoms with E-state index in [1.165, 1.54) is 12.1 Å². The van der Waals surface area contributed by atoms with Gasteiger partial charge in [-0.05, 0) is 44.0 Å². The molecular weight excluding hydrogens is 325 g/mol. The second-order valence-electron chi connectivity index (χ2n) is 6.26. The first-order valence-corrected chi connectivity index (χ1v) is 8.23. The number of hydrogen-bond donors (Lipinski definition) is 1. The zero-order chi connectivity index (χ0) is 18.0. The number of rotatable bonds is 4. The summed E-state index contributed by atoms with van der Waals surface area (Å²) in [5.74, 6) is 0.102. The van der Waals surface area contributed by atoms with Gasteiger partial charge in [0, 0.05) is 24.6 Å². The van der Waals surface area contributed by atoms with E-state index < -0.39 is 0 Å². The average molecular weight is 345 g/mol. The Labute approximate surface area is 144 Å². The lowest BCUT2D eigenvalue weighted by atomic mass is 9.96. The van der Waals surface area contributed by atoms with Crippen molar-refractivity contribution >= 4 is 11.8 Å². The molecule has 2 amide bonds. The van der Waals surface area contributed by atoms with Gasteiger partial charge in [0.25, 0.3) is 0 Å². The van der Waals surface area contributed by atoms with Gasteiger partial charge in [-0.1, -0.05) is 0 Å². The quantitative estimate of drug-likeness (QED) is 0.918. The number of primary amides is 1. The molecule has 0 saturated carbocycles. The number of aryl methyl sites for hydroxylation is 1. The fourth-order valence-electron chi connectivity index (χ4n) is 2.98. The van der Waals surface area contributed by atoms with Gasteiger partial charge in [-0.25, -0.2) is 9.37 Å². The summed E-state index contributed by atoms with van der Waals surface area (Å²) in [6.45, 7) is 2.80. The summed E-state index contributed by atoms with van der Waals surface area (Å²) in [5.41, 5.74) is 6.54. The molecule has 1 aliphatic rings. The Morgan fingerprint density at radius 3 is 2.52 bits per heavy atom. The van der Waals surface area contributed by atoms with Gasteiger partial charge in [0.1, 0.15) is 11.6 Å². The Balaban J connectivity index is 1.66. The van der Waals surface area contributed by atoms with Crippen LogP contribution in [0.15, 0.2) is 28.7 Å². The van der Waals surface area contributed by atoms with Gasteiger partial charge in [0.15, 0.2) is 0 Å². The summed E-state index contributed by atoms with van der Waals surface area (Å²) in [7, 11) is 0. The minimum atomic E-state index is -0.332. The van der Waals surface area contributed by atoms with Crippen LogP contribution >= 0.6 is 0 Å². The van der Waals surface area contributed by atoms with Crippen LogP contribution in [0.5, 0.6) is 0 Å². The summed E-state index contributed by atoms with van der Waals surface area (Å²) >= 11 is 0. The molecule has 1 saturated heterocycles. The predicted octanol–water partition coefficient (Wildman–Crippen LogP) is 2.06. The molecule has 0 bridgehead atoms. The number of hydrogen-bond acceptors (Lipinski definition) is 4. The maximum Gasteiger partial charge on any atom is 0.228 e. The number of piperidine rings is 1. The standard InChI is InChI=1S/C18H20FN3O3/c1-11-15(21-18(25-11)13-2-4-14(19)5-3-13)10-16(23)22-8-6-12(7-9-22)17(20)24/h2-5,12H,6-10H2,1H3,(H2,20,24). The van der Waals surface area contributed by atoms with Gasteiger partial charge in [0.05, 0.1) is 12.1 Å². The number of halogens is 1. The van der Waals surface area contributed by atoms with Gasteiger partial charge < -0.3 is 15.1 Å². The summed E-state index contributed by atoms with van der Waals surface area (Å²) in [5, 5.41) is 0. The van der Waals surface area contributed by atoms with Crippen molar-refractivity contribution in [2.45, 2.75) is 26.2 Å². The molecule has 1 aromatic carbocycles. The van der Waals surface area contributed by atoms with Crippen LogP contribution in [0, 0.1) is 18.7 Å². The highest BCUT2D eigenvalue weighted by molar-refractivity contribution is 5.80. The molecule has 2 N–H and O–H groups in total. The fraction of sp³-hybridized carbons (Fsp3) is 0.389. The largest absolute Gasteiger partial charge is 0.441 e. The second kappa shape index (κ2) is 7.04. The first-order valence-electron chi connectivity index (χ1n) is 8.23. The fourth-order valence-corrected chi connectivity index (χ4v) is 2.98. The lowest BCUT2D eigenvalue weighted by Gasteiger charge is -2.30. The molecule has 0 aliphatic carbocycles. The molecule has 7 heteroatoms. The molecule has 1 aliphatic heterocycles. The Kier molecular flexibility index (Phi) is 4.83. The smallest absolute Gasteiger partial charge is 0.228 e. The normalized spacial score (nSPS) is 15.4. The molecule has 0 spiro atoms. The predicted molar refractivity (Wildman–Crippen MR) is 88.8 cm³/mol. The summed E-state index contributed by atoms with van der Waals surface area (Å²) in [6.07, 6.45) is 1.33. The van der Waals surface area contributed by atoms with Crippen molar-refractivity contribution in [3.05, 3.63) is 41.5 Å². The Morgan fingerprint density at radius 2 is 1.92 bits per heavy atom. The molecule has 0 radical (unpaired) electrons. The van der Waals surface area contributed by atoms with Gasteiger partial charge in [-0.3, -0.25) is 9.59 Å². The molecule has 25 heavy (non-hydrogen) atoms. The van der Waals surface area contributed by atoms with Crippen molar-refractivity contribution in [2.75, 3.05) is 13.1 Å². The highest BCUT2D eigenvalue weighted by Gasteiger charge is 2.26. The number of oxazole rings is 1. The number of benzene rings is 1. The average Bonchev–Trinajstić information content (AvgIpc) is 2.96. The van der Waals surface area contributed by atoms with Crippen molar-refractivity contribution < 1.29 is 18.4 Å². The Bertz CT molecular complexity index is 777. The van der Waals surface area contributed by atoms with Crippen LogP contribution in [-0.2, 0) is 16.0 Å². The zero-order valence-corrected chi connectivity index (χ0v) is 14.0. The number of amides is 2. The highest BCUT2D eigenvalue weighted by atomic mass is 19.1. The molecular formula is C18H20FN3O3. The van der Waals surface area contributed by atoms with Gasteiger partial charge in [0.2, 0.25) is 17.7 Å². The van der Waals surface area contributed by atoms with Crippen LogP contribution in [0.2, 0.25) is 0 Å². The topological polar surface area (TPSA) is 89.4 Å². The number of nitrogens with zero attached hydrogens (tertiary/aromatic N) is 2. The number of carbonyl (C=O) groups excluding carboxylic acids is 2. The van der Waals surface area contributed by atoms with E-state index in [1.54, 1.807) is 24.0 Å². The molecule has 1 aromatic heterocycles. The summed E-state index contributed by atoms with van der Waals surface area (Å²) in [6, 6.07) is 5.84. The van der Waals surface area contributed by atoms with Gasteiger partial charge >= 0.3 is 0 Å². The molecule has 2 heterocycles. The SMILES string of the molecule is Cc1oc(-c2ccc(F)cc2)nc1CC(=O)N1CCC(C(N)=O)CC1. The van der Waals surface area contributed by atoms with Crippen LogP contribution in [-0.4, -0.2) is 34.8 Å². The van der Waals surface area contributed by atoms with E-state index in [0.29, 0.717) is 48.8 Å². The molecule has 6 nitrogen and oxygen atoms in total. The number of aromatic nitrogens is 1. The number of nitrogens with two attached hydrogens (primary N) is 1. The van der Waals surface area contributed by atoms with Crippen LogP contribution in [0.25, 0.3) is 11.5 Å². The number of likely N-dealkylation sites (tertiary alicyclic amines) is 1. The highest BCUT2D eigenvalue weighted by Crippen LogP contribution is 2.23. The van der Waals surface area contributed by atoms with Gasteiger partial charge in [-0.15, -0.1) is 0 Å². The van der Waals surface area contributed by atoms with Crippen molar-refractivity contribution in [3.8, 4) is 11.5 Å². The minimum Gasteiger partial charge on any atom is -0.441 e. The molecule has 0 unspecified atom stereocenters. The first kappa shape index (κ1) is 17.1. The Hall–Kier alpha value is -2.70. The van der Waals surface area contributed by atoms with Crippen molar-refractivity contribution in [1.29, 1.82) is 0 Å². The molecule has 2 aromatic rings. The zero-order valence-electron chi connectivity index (χ0n) is 14.0. The maximum atomic E-state index is 13.0. The van der Waals surface area contributed by atoms with E-state index in [-0.39, 0.29) is 30.0 Å². The van der Waals surface area contributed by atoms with Crippen LogP contribution in [0.1, 0.15) is 24.3 Å². The van der Waals surface area contributed by atoms with Crippen LogP contribution in [0.4, 0.5) is 4.39 Å².